The normalized spacial score (nSPS) is 11.7. The van der Waals surface area contributed by atoms with Gasteiger partial charge in [0, 0.05) is 6.61 Å². The Morgan fingerprint density at radius 2 is 0.364 bits per heavy atom. The molecule has 0 aromatic heterocycles. The van der Waals surface area contributed by atoms with Crippen LogP contribution in [0.3, 0.4) is 0 Å². The van der Waals surface area contributed by atoms with Gasteiger partial charge in [-0.3, -0.25) is 0 Å². The average molecular weight is 803 g/mol. The van der Waals surface area contributed by atoms with E-state index in [1.165, 1.54) is 77.0 Å². The third-order valence-electron chi connectivity index (χ3n) is 8.08. The van der Waals surface area contributed by atoms with Crippen molar-refractivity contribution in [3.63, 3.8) is 0 Å². The van der Waals surface area contributed by atoms with Crippen LogP contribution in [0.2, 0.25) is 0 Å². The summed E-state index contributed by atoms with van der Waals surface area (Å²) in [5.41, 5.74) is 0. The van der Waals surface area contributed by atoms with Gasteiger partial charge in [0.15, 0.2) is 0 Å². The molecule has 0 aliphatic carbocycles. The summed E-state index contributed by atoms with van der Waals surface area (Å²) in [5, 5.41) is 0. The largest absolute Gasteiger partial charge is 0.379 e. The van der Waals surface area contributed by atoms with Crippen molar-refractivity contribution in [3.05, 3.63) is 0 Å². The van der Waals surface area contributed by atoms with Crippen molar-refractivity contribution in [2.75, 3.05) is 178 Å². The van der Waals surface area contributed by atoms with Crippen LogP contribution in [0, 0.1) is 0 Å². The van der Waals surface area contributed by atoms with Gasteiger partial charge in [-0.2, -0.15) is 0 Å². The second-order valence-corrected chi connectivity index (χ2v) is 12.9. The van der Waals surface area contributed by atoms with Crippen molar-refractivity contribution in [2.24, 2.45) is 0 Å². The smallest absolute Gasteiger partial charge is 0.113 e. The van der Waals surface area contributed by atoms with Crippen molar-refractivity contribution in [1.82, 2.24) is 0 Å². The van der Waals surface area contributed by atoms with Gasteiger partial charge in [-0.15, -0.1) is 0 Å². The van der Waals surface area contributed by atoms with Gasteiger partial charge in [-0.1, -0.05) is 84.0 Å². The van der Waals surface area contributed by atoms with Crippen LogP contribution in [0.5, 0.6) is 0 Å². The maximum absolute atomic E-state index is 11.8. The van der Waals surface area contributed by atoms with Crippen molar-refractivity contribution >= 4 is 0 Å². The van der Waals surface area contributed by atoms with E-state index in [2.05, 4.69) is 6.92 Å². The molecule has 0 rings (SSSR count). The predicted octanol–water partition coefficient (Wildman–Crippen LogP) is 6.26. The molecule has 0 atom stereocenters. The molecule has 0 bridgehead atoms. The molecule has 0 aliphatic heterocycles. The van der Waals surface area contributed by atoms with Crippen molar-refractivity contribution in [3.8, 4) is 0 Å². The lowest BCUT2D eigenvalue weighted by molar-refractivity contribution is -0.0291. The summed E-state index contributed by atoms with van der Waals surface area (Å²) in [6.07, 6.45) is 17.8. The van der Waals surface area contributed by atoms with Crippen LogP contribution < -0.4 is 0 Å². The fraction of sp³-hybridized carbons (Fsp3) is 1.00. The van der Waals surface area contributed by atoms with Gasteiger partial charge in [0.05, 0.1) is 165 Å². The minimum Gasteiger partial charge on any atom is -0.379 e. The van der Waals surface area contributed by atoms with Crippen molar-refractivity contribution < 1.29 is 66.0 Å². The molecule has 0 unspecified atom stereocenters. The van der Waals surface area contributed by atoms with Crippen LogP contribution in [-0.2, 0) is 61.6 Å². The van der Waals surface area contributed by atoms with E-state index < -0.39 is 6.67 Å². The Morgan fingerprint density at radius 1 is 0.200 bits per heavy atom. The molecule has 13 nitrogen and oxygen atoms in total. The molecule has 55 heavy (non-hydrogen) atoms. The number of alkyl halides is 1. The molecule has 0 aromatic rings. The Hall–Kier alpha value is -0.590. The zero-order valence-electron chi connectivity index (χ0n) is 35.0. The Labute approximate surface area is 334 Å². The van der Waals surface area contributed by atoms with Crippen molar-refractivity contribution in [1.29, 1.82) is 0 Å². The first-order valence-corrected chi connectivity index (χ1v) is 21.5. The van der Waals surface area contributed by atoms with E-state index in [1.807, 2.05) is 0 Å². The molecule has 14 heteroatoms. The second kappa shape index (κ2) is 53.4. The lowest BCUT2D eigenvalue weighted by atomic mass is 10.0. The number of unbranched alkanes of at least 4 members (excludes halogenated alkanes) is 12. The van der Waals surface area contributed by atoms with E-state index >= 15 is 0 Å². The van der Waals surface area contributed by atoms with Crippen LogP contribution in [0.15, 0.2) is 0 Å². The maximum atomic E-state index is 11.8. The number of hydrogen-bond donors (Lipinski definition) is 0. The van der Waals surface area contributed by atoms with Crippen LogP contribution in [-0.4, -0.2) is 178 Å². The minimum atomic E-state index is -0.474. The highest BCUT2D eigenvalue weighted by Gasteiger charge is 1.98. The third-order valence-corrected chi connectivity index (χ3v) is 8.08. The predicted molar refractivity (Wildman–Crippen MR) is 212 cm³/mol. The van der Waals surface area contributed by atoms with Crippen LogP contribution >= 0.6 is 0 Å². The summed E-state index contributed by atoms with van der Waals surface area (Å²) in [6, 6.07) is 0. The van der Waals surface area contributed by atoms with Gasteiger partial charge in [0.25, 0.3) is 0 Å². The Bertz CT molecular complexity index is 605. The van der Waals surface area contributed by atoms with Gasteiger partial charge < -0.3 is 61.6 Å². The van der Waals surface area contributed by atoms with E-state index in [1.54, 1.807) is 0 Å². The first-order valence-electron chi connectivity index (χ1n) is 21.5. The zero-order chi connectivity index (χ0) is 39.5. The first-order chi connectivity index (χ1) is 27.4. The van der Waals surface area contributed by atoms with E-state index in [0.717, 1.165) is 13.0 Å². The summed E-state index contributed by atoms with van der Waals surface area (Å²) in [5.74, 6) is 0. The van der Waals surface area contributed by atoms with Gasteiger partial charge in [0.1, 0.15) is 6.67 Å². The van der Waals surface area contributed by atoms with Crippen LogP contribution in [0.4, 0.5) is 4.39 Å². The highest BCUT2D eigenvalue weighted by atomic mass is 19.1. The quantitative estimate of drug-likeness (QED) is 0.0645. The molecule has 0 saturated heterocycles. The van der Waals surface area contributed by atoms with Gasteiger partial charge in [-0.05, 0) is 6.42 Å². The number of rotatable bonds is 52. The number of hydrogen-bond acceptors (Lipinski definition) is 13. The molecule has 0 aliphatic rings. The standard InChI is InChI=1S/C41H83FO13/c1-2-3-4-5-6-7-8-9-10-11-12-13-14-16-43-18-20-45-22-24-47-26-28-49-30-32-51-34-36-53-38-40-55-41-39-54-37-35-52-33-31-50-29-27-48-25-23-46-21-19-44-17-15-42/h2-41H2,1H3. The fourth-order valence-electron chi connectivity index (χ4n) is 5.02. The Morgan fingerprint density at radius 3 is 0.564 bits per heavy atom. The molecular weight excluding hydrogens is 719 g/mol. The molecule has 332 valence electrons. The molecule has 0 N–H and O–H groups in total. The highest BCUT2D eigenvalue weighted by molar-refractivity contribution is 4.49. The number of halogens is 1. The monoisotopic (exact) mass is 803 g/mol. The summed E-state index contributed by atoms with van der Waals surface area (Å²) < 4.78 is 82.7. The summed E-state index contributed by atoms with van der Waals surface area (Å²) >= 11 is 0. The molecule has 0 saturated carbocycles. The molecular formula is C41H83FO13. The fourth-order valence-corrected chi connectivity index (χ4v) is 5.02. The Kier molecular flexibility index (Phi) is 52.8. The molecule has 0 aromatic carbocycles. The average Bonchev–Trinajstić information content (AvgIpc) is 3.20. The summed E-state index contributed by atoms with van der Waals surface area (Å²) in [7, 11) is 0. The highest BCUT2D eigenvalue weighted by Crippen LogP contribution is 2.12. The van der Waals surface area contributed by atoms with Crippen molar-refractivity contribution in [2.45, 2.75) is 90.4 Å². The maximum Gasteiger partial charge on any atom is 0.113 e. The lowest BCUT2D eigenvalue weighted by Crippen LogP contribution is -2.15. The molecule has 0 fully saturated rings. The lowest BCUT2D eigenvalue weighted by Gasteiger charge is -2.09. The molecule has 0 radical (unpaired) electrons. The van der Waals surface area contributed by atoms with E-state index in [-0.39, 0.29) is 6.61 Å². The number of ether oxygens (including phenoxy) is 13. The SMILES string of the molecule is CCCCCCCCCCCCCCCOCCOCCOCCOCCOCCOCCOCCOCCOCCOCCOCCOCCOCCF. The molecule has 0 heterocycles. The van der Waals surface area contributed by atoms with Gasteiger partial charge in [0.2, 0.25) is 0 Å². The zero-order valence-corrected chi connectivity index (χ0v) is 35.0. The van der Waals surface area contributed by atoms with Crippen LogP contribution in [0.1, 0.15) is 90.4 Å². The minimum absolute atomic E-state index is 0.114. The third kappa shape index (κ3) is 53.4. The van der Waals surface area contributed by atoms with Gasteiger partial charge in [-0.25, -0.2) is 4.39 Å². The first kappa shape index (κ1) is 54.4. The summed E-state index contributed by atoms with van der Waals surface area (Å²) in [4.78, 5) is 0. The summed E-state index contributed by atoms with van der Waals surface area (Å²) in [6.45, 7) is 15.0. The van der Waals surface area contributed by atoms with E-state index in [9.17, 15) is 4.39 Å². The Balaban J connectivity index is 3.05. The topological polar surface area (TPSA) is 120 Å². The second-order valence-electron chi connectivity index (χ2n) is 12.9. The molecule has 0 spiro atoms. The van der Waals surface area contributed by atoms with Gasteiger partial charge >= 0.3 is 0 Å². The van der Waals surface area contributed by atoms with Crippen LogP contribution in [0.25, 0.3) is 0 Å². The molecule has 0 amide bonds. The van der Waals surface area contributed by atoms with E-state index in [0.29, 0.717) is 159 Å². The van der Waals surface area contributed by atoms with E-state index in [4.69, 9.17) is 61.6 Å².